The van der Waals surface area contributed by atoms with Crippen LogP contribution in [0.3, 0.4) is 0 Å². The van der Waals surface area contributed by atoms with Crippen LogP contribution in [-0.2, 0) is 0 Å². The molecule has 1 nitrogen and oxygen atoms in total. The lowest BCUT2D eigenvalue weighted by atomic mass is 9.92. The molecular formula is C18H19BrO. The Hall–Kier alpha value is -1.28. The Labute approximate surface area is 129 Å². The molecule has 0 radical (unpaired) electrons. The van der Waals surface area contributed by atoms with E-state index in [-0.39, 0.29) is 0 Å². The molecule has 20 heavy (non-hydrogen) atoms. The van der Waals surface area contributed by atoms with Crippen molar-refractivity contribution in [3.05, 3.63) is 65.2 Å². The number of fused-ring (bicyclic) bond motifs is 1. The molecule has 0 amide bonds. The number of ether oxygens (including phenoxy) is 1. The molecule has 1 heterocycles. The molecule has 2 unspecified atom stereocenters. The Morgan fingerprint density at radius 1 is 1.00 bits per heavy atom. The maximum atomic E-state index is 5.79. The van der Waals surface area contributed by atoms with E-state index >= 15 is 0 Å². The van der Waals surface area contributed by atoms with Gasteiger partial charge in [-0.25, -0.2) is 0 Å². The smallest absolute Gasteiger partial charge is 0.122 e. The van der Waals surface area contributed by atoms with Crippen LogP contribution < -0.4 is 4.74 Å². The lowest BCUT2D eigenvalue weighted by molar-refractivity contribution is 0.329. The minimum atomic E-state index is 0.298. The molecule has 1 aliphatic rings. The highest BCUT2D eigenvalue weighted by molar-refractivity contribution is 9.09. The minimum absolute atomic E-state index is 0.298. The van der Waals surface area contributed by atoms with Crippen molar-refractivity contribution in [3.8, 4) is 5.75 Å². The highest BCUT2D eigenvalue weighted by Gasteiger charge is 2.30. The van der Waals surface area contributed by atoms with E-state index < -0.39 is 0 Å². The molecule has 2 heteroatoms. The number of rotatable bonds is 3. The van der Waals surface area contributed by atoms with Gasteiger partial charge in [0.1, 0.15) is 5.75 Å². The van der Waals surface area contributed by atoms with Gasteiger partial charge in [-0.3, -0.25) is 0 Å². The molecule has 0 saturated heterocycles. The van der Waals surface area contributed by atoms with Gasteiger partial charge in [0, 0.05) is 16.3 Å². The second-order valence-electron chi connectivity index (χ2n) is 5.68. The summed E-state index contributed by atoms with van der Waals surface area (Å²) in [5.74, 6) is 1.99. The third kappa shape index (κ3) is 2.49. The third-order valence-corrected chi connectivity index (χ3v) is 5.18. The molecule has 2 atom stereocenters. The summed E-state index contributed by atoms with van der Waals surface area (Å²) in [6.45, 7) is 5.20. The fourth-order valence-corrected chi connectivity index (χ4v) is 3.47. The predicted molar refractivity (Wildman–Crippen MR) is 86.9 cm³/mol. The first-order valence-electron chi connectivity index (χ1n) is 7.12. The van der Waals surface area contributed by atoms with Crippen LogP contribution in [0.1, 0.15) is 47.2 Å². The van der Waals surface area contributed by atoms with Gasteiger partial charge in [-0.15, -0.1) is 0 Å². The van der Waals surface area contributed by atoms with Crippen LogP contribution in [0.15, 0.2) is 48.5 Å². The van der Waals surface area contributed by atoms with Crippen LogP contribution in [-0.4, -0.2) is 6.61 Å². The van der Waals surface area contributed by atoms with Crippen molar-refractivity contribution >= 4 is 15.9 Å². The van der Waals surface area contributed by atoms with Gasteiger partial charge >= 0.3 is 0 Å². The number of halogens is 1. The Balaban J connectivity index is 1.85. The summed E-state index contributed by atoms with van der Waals surface area (Å²) in [7, 11) is 0. The van der Waals surface area contributed by atoms with Gasteiger partial charge in [0.2, 0.25) is 0 Å². The van der Waals surface area contributed by atoms with E-state index in [4.69, 9.17) is 4.74 Å². The lowest BCUT2D eigenvalue weighted by Crippen LogP contribution is -2.07. The number of hydrogen-bond donors (Lipinski definition) is 0. The summed E-state index contributed by atoms with van der Waals surface area (Å²) in [5, 5.41) is 0. The van der Waals surface area contributed by atoms with E-state index in [1.54, 1.807) is 0 Å². The summed E-state index contributed by atoms with van der Waals surface area (Å²) in [4.78, 5) is 0.298. The van der Waals surface area contributed by atoms with Crippen molar-refractivity contribution < 1.29 is 4.74 Å². The molecule has 2 aromatic rings. The van der Waals surface area contributed by atoms with Gasteiger partial charge in [0.25, 0.3) is 0 Å². The molecule has 3 rings (SSSR count). The monoisotopic (exact) mass is 330 g/mol. The molecular weight excluding hydrogens is 312 g/mol. The van der Waals surface area contributed by atoms with Crippen molar-refractivity contribution in [2.24, 2.45) is 0 Å². The zero-order chi connectivity index (χ0) is 14.1. The zero-order valence-electron chi connectivity index (χ0n) is 11.8. The van der Waals surface area contributed by atoms with E-state index in [9.17, 15) is 0 Å². The predicted octanol–water partition coefficient (Wildman–Crippen LogP) is 5.42. The highest BCUT2D eigenvalue weighted by Crippen LogP contribution is 2.45. The van der Waals surface area contributed by atoms with Crippen LogP contribution in [0.5, 0.6) is 5.75 Å². The maximum Gasteiger partial charge on any atom is 0.122 e. The molecule has 1 aliphatic heterocycles. The Morgan fingerprint density at radius 3 is 2.35 bits per heavy atom. The van der Waals surface area contributed by atoms with Crippen molar-refractivity contribution in [1.82, 2.24) is 0 Å². The molecule has 0 saturated carbocycles. The van der Waals surface area contributed by atoms with Crippen molar-refractivity contribution in [3.63, 3.8) is 0 Å². The maximum absolute atomic E-state index is 5.79. The third-order valence-electron chi connectivity index (χ3n) is 4.01. The molecule has 104 valence electrons. The number of para-hydroxylation sites is 1. The van der Waals surface area contributed by atoms with E-state index in [2.05, 4.69) is 72.2 Å². The fraction of sp³-hybridized carbons (Fsp3) is 0.333. The molecule has 2 aromatic carbocycles. The van der Waals surface area contributed by atoms with Gasteiger partial charge in [-0.1, -0.05) is 72.2 Å². The SMILES string of the molecule is CC(C)c1ccc(C(Br)C2COc3ccccc32)cc1. The molecule has 0 aliphatic carbocycles. The summed E-state index contributed by atoms with van der Waals surface area (Å²) in [6, 6.07) is 17.3. The molecule has 0 bridgehead atoms. The average molecular weight is 331 g/mol. The van der Waals surface area contributed by atoms with E-state index in [1.165, 1.54) is 16.7 Å². The van der Waals surface area contributed by atoms with Crippen molar-refractivity contribution in [1.29, 1.82) is 0 Å². The molecule has 0 fully saturated rings. The average Bonchev–Trinajstić information content (AvgIpc) is 2.90. The van der Waals surface area contributed by atoms with Crippen LogP contribution in [0.25, 0.3) is 0 Å². The Kier molecular flexibility index (Phi) is 3.84. The van der Waals surface area contributed by atoms with Crippen molar-refractivity contribution in [2.45, 2.75) is 30.5 Å². The normalized spacial score (nSPS) is 18.7. The Bertz CT molecular complexity index is 589. The zero-order valence-corrected chi connectivity index (χ0v) is 13.4. The van der Waals surface area contributed by atoms with Gasteiger partial charge in [-0.05, 0) is 23.1 Å². The number of hydrogen-bond acceptors (Lipinski definition) is 1. The van der Waals surface area contributed by atoms with E-state index in [0.29, 0.717) is 16.7 Å². The lowest BCUT2D eigenvalue weighted by Gasteiger charge is -2.18. The van der Waals surface area contributed by atoms with E-state index in [0.717, 1.165) is 12.4 Å². The first-order chi connectivity index (χ1) is 9.66. The largest absolute Gasteiger partial charge is 0.493 e. The quantitative estimate of drug-likeness (QED) is 0.682. The summed E-state index contributed by atoms with van der Waals surface area (Å²) < 4.78 is 5.79. The van der Waals surface area contributed by atoms with Crippen LogP contribution in [0.2, 0.25) is 0 Å². The fourth-order valence-electron chi connectivity index (χ4n) is 2.73. The highest BCUT2D eigenvalue weighted by atomic mass is 79.9. The summed E-state index contributed by atoms with van der Waals surface area (Å²) >= 11 is 3.86. The van der Waals surface area contributed by atoms with Gasteiger partial charge < -0.3 is 4.74 Å². The summed E-state index contributed by atoms with van der Waals surface area (Å²) in [6.07, 6.45) is 0. The van der Waals surface area contributed by atoms with Crippen LogP contribution in [0, 0.1) is 0 Å². The van der Waals surface area contributed by atoms with Gasteiger partial charge in [0.15, 0.2) is 0 Å². The molecule has 0 aromatic heterocycles. The van der Waals surface area contributed by atoms with Gasteiger partial charge in [0.05, 0.1) is 6.61 Å². The topological polar surface area (TPSA) is 9.23 Å². The van der Waals surface area contributed by atoms with E-state index in [1.807, 2.05) is 6.07 Å². The first-order valence-corrected chi connectivity index (χ1v) is 8.04. The van der Waals surface area contributed by atoms with Crippen LogP contribution >= 0.6 is 15.9 Å². The van der Waals surface area contributed by atoms with Gasteiger partial charge in [-0.2, -0.15) is 0 Å². The molecule has 0 spiro atoms. The number of alkyl halides is 1. The van der Waals surface area contributed by atoms with Crippen LogP contribution in [0.4, 0.5) is 0 Å². The second-order valence-corrected chi connectivity index (χ2v) is 6.66. The second kappa shape index (κ2) is 5.61. The minimum Gasteiger partial charge on any atom is -0.493 e. The standard InChI is InChI=1S/C18H19BrO/c1-12(2)13-7-9-14(10-8-13)18(19)16-11-20-17-6-4-3-5-15(16)17/h3-10,12,16,18H,11H2,1-2H3. The molecule has 0 N–H and O–H groups in total. The first kappa shape index (κ1) is 13.7. The Morgan fingerprint density at radius 2 is 1.65 bits per heavy atom. The van der Waals surface area contributed by atoms with Crippen molar-refractivity contribution in [2.75, 3.05) is 6.61 Å². The summed E-state index contributed by atoms with van der Waals surface area (Å²) in [5.41, 5.74) is 4.01. The number of benzene rings is 2.